The summed E-state index contributed by atoms with van der Waals surface area (Å²) in [6, 6.07) is 13.2. The Balaban J connectivity index is 1.80. The average Bonchev–Trinajstić information content (AvgIpc) is 2.90. The van der Waals surface area contributed by atoms with Crippen LogP contribution in [0.1, 0.15) is 22.3 Å². The summed E-state index contributed by atoms with van der Waals surface area (Å²) in [6.07, 6.45) is 1.01. The Morgan fingerprint density at radius 2 is 1.77 bits per heavy atom. The second-order valence-electron chi connectivity index (χ2n) is 6.17. The molecule has 1 unspecified atom stereocenters. The lowest BCUT2D eigenvalue weighted by atomic mass is 10.0. The number of rotatable bonds is 5. The lowest BCUT2D eigenvalue weighted by Gasteiger charge is -2.25. The molecule has 0 bridgehead atoms. The van der Waals surface area contributed by atoms with Crippen molar-refractivity contribution in [1.82, 2.24) is 4.90 Å². The number of carbonyl (C=O) groups excluding carboxylic acids is 1. The number of carbonyl (C=O) groups is 2. The fourth-order valence-electron chi connectivity index (χ4n) is 2.87. The Bertz CT molecular complexity index is 790. The largest absolute Gasteiger partial charge is 0.490 e. The number of carboxylic acid groups (broad SMARTS) is 1. The monoisotopic (exact) mass is 355 g/mol. The molecule has 1 aliphatic rings. The second-order valence-corrected chi connectivity index (χ2v) is 6.17. The summed E-state index contributed by atoms with van der Waals surface area (Å²) in [6.45, 7) is 1.09. The zero-order valence-corrected chi connectivity index (χ0v) is 14.6. The van der Waals surface area contributed by atoms with Crippen molar-refractivity contribution in [3.8, 4) is 11.5 Å². The van der Waals surface area contributed by atoms with E-state index in [2.05, 4.69) is 0 Å². The van der Waals surface area contributed by atoms with Gasteiger partial charge in [-0.05, 0) is 23.8 Å². The highest BCUT2D eigenvalue weighted by Gasteiger charge is 2.28. The number of ether oxygens (including phenoxy) is 2. The predicted molar refractivity (Wildman–Crippen MR) is 95.7 cm³/mol. The Kier molecular flexibility index (Phi) is 5.41. The predicted octanol–water partition coefficient (Wildman–Crippen LogP) is 2.62. The summed E-state index contributed by atoms with van der Waals surface area (Å²) in [7, 11) is 1.51. The Hall–Kier alpha value is -3.02. The maximum absolute atomic E-state index is 12.8. The Morgan fingerprint density at radius 3 is 2.46 bits per heavy atom. The topological polar surface area (TPSA) is 76.1 Å². The van der Waals surface area contributed by atoms with Crippen LogP contribution in [0.4, 0.5) is 0 Å². The number of hydrogen-bond donors (Lipinski definition) is 1. The number of benzene rings is 2. The SMILES string of the molecule is CN(C(=O)c1ccc2c(c1)OCCCO2)C(Cc1ccccc1)C(=O)O. The summed E-state index contributed by atoms with van der Waals surface area (Å²) in [4.78, 5) is 25.8. The minimum atomic E-state index is -1.04. The number of aliphatic carboxylic acids is 1. The molecule has 1 N–H and O–H groups in total. The number of nitrogens with zero attached hydrogens (tertiary/aromatic N) is 1. The van der Waals surface area contributed by atoms with Crippen molar-refractivity contribution in [3.63, 3.8) is 0 Å². The normalized spacial score (nSPS) is 14.2. The molecule has 1 aliphatic heterocycles. The smallest absolute Gasteiger partial charge is 0.326 e. The van der Waals surface area contributed by atoms with E-state index < -0.39 is 12.0 Å². The second kappa shape index (κ2) is 7.91. The van der Waals surface area contributed by atoms with Crippen LogP contribution >= 0.6 is 0 Å². The van der Waals surface area contributed by atoms with Crippen molar-refractivity contribution < 1.29 is 24.2 Å². The third-order valence-electron chi connectivity index (χ3n) is 4.34. The summed E-state index contributed by atoms with van der Waals surface area (Å²) >= 11 is 0. The zero-order valence-electron chi connectivity index (χ0n) is 14.6. The lowest BCUT2D eigenvalue weighted by Crippen LogP contribution is -2.43. The molecular formula is C20H21NO5. The molecule has 2 aromatic rings. The van der Waals surface area contributed by atoms with Gasteiger partial charge in [0.05, 0.1) is 13.2 Å². The first kappa shape index (κ1) is 17.8. The molecule has 1 amide bonds. The van der Waals surface area contributed by atoms with Gasteiger partial charge in [0.15, 0.2) is 11.5 Å². The van der Waals surface area contributed by atoms with Gasteiger partial charge in [0.1, 0.15) is 6.04 Å². The van der Waals surface area contributed by atoms with Crippen molar-refractivity contribution in [1.29, 1.82) is 0 Å². The molecule has 136 valence electrons. The van der Waals surface area contributed by atoms with E-state index in [1.165, 1.54) is 11.9 Å². The standard InChI is InChI=1S/C20H21NO5/c1-21(16(20(23)24)12-14-6-3-2-4-7-14)19(22)15-8-9-17-18(13-15)26-11-5-10-25-17/h2-4,6-9,13,16H,5,10-12H2,1H3,(H,23,24). The van der Waals surface area contributed by atoms with Crippen LogP contribution in [0.15, 0.2) is 48.5 Å². The van der Waals surface area contributed by atoms with Crippen LogP contribution in [0, 0.1) is 0 Å². The quantitative estimate of drug-likeness (QED) is 0.892. The molecule has 1 atom stereocenters. The molecule has 0 radical (unpaired) electrons. The van der Waals surface area contributed by atoms with Gasteiger partial charge < -0.3 is 19.5 Å². The molecular weight excluding hydrogens is 334 g/mol. The van der Waals surface area contributed by atoms with Crippen molar-refractivity contribution in [2.45, 2.75) is 18.9 Å². The molecule has 6 nitrogen and oxygen atoms in total. The molecule has 26 heavy (non-hydrogen) atoms. The van der Waals surface area contributed by atoms with Gasteiger partial charge in [0.2, 0.25) is 0 Å². The summed E-state index contributed by atoms with van der Waals surface area (Å²) in [5.74, 6) is -0.305. The van der Waals surface area contributed by atoms with Gasteiger partial charge in [0.25, 0.3) is 5.91 Å². The van der Waals surface area contributed by atoms with Gasteiger partial charge in [-0.25, -0.2) is 4.79 Å². The maximum atomic E-state index is 12.8. The highest BCUT2D eigenvalue weighted by molar-refractivity contribution is 5.97. The molecule has 0 saturated heterocycles. The van der Waals surface area contributed by atoms with Crippen LogP contribution in [0.5, 0.6) is 11.5 Å². The molecule has 0 saturated carbocycles. The minimum absolute atomic E-state index is 0.239. The van der Waals surface area contributed by atoms with E-state index in [9.17, 15) is 14.7 Å². The van der Waals surface area contributed by atoms with Gasteiger partial charge in [-0.2, -0.15) is 0 Å². The first-order valence-electron chi connectivity index (χ1n) is 8.50. The number of fused-ring (bicyclic) bond motifs is 1. The summed E-state index contributed by atoms with van der Waals surface area (Å²) in [5, 5.41) is 9.59. The molecule has 6 heteroatoms. The lowest BCUT2D eigenvalue weighted by molar-refractivity contribution is -0.141. The first-order chi connectivity index (χ1) is 12.6. The van der Waals surface area contributed by atoms with Crippen LogP contribution in [0.25, 0.3) is 0 Å². The highest BCUT2D eigenvalue weighted by Crippen LogP contribution is 2.31. The van der Waals surface area contributed by atoms with Crippen LogP contribution < -0.4 is 9.47 Å². The van der Waals surface area contributed by atoms with Crippen molar-refractivity contribution in [3.05, 3.63) is 59.7 Å². The van der Waals surface area contributed by atoms with E-state index in [0.29, 0.717) is 30.3 Å². The van der Waals surface area contributed by atoms with E-state index >= 15 is 0 Å². The van der Waals surface area contributed by atoms with Crippen molar-refractivity contribution in [2.75, 3.05) is 20.3 Å². The van der Waals surface area contributed by atoms with Gasteiger partial charge in [0, 0.05) is 25.5 Å². The van der Waals surface area contributed by atoms with Crippen LogP contribution in [-0.2, 0) is 11.2 Å². The minimum Gasteiger partial charge on any atom is -0.490 e. The highest BCUT2D eigenvalue weighted by atomic mass is 16.5. The van der Waals surface area contributed by atoms with Gasteiger partial charge >= 0.3 is 5.97 Å². The zero-order chi connectivity index (χ0) is 18.5. The van der Waals surface area contributed by atoms with Crippen LogP contribution in [0.3, 0.4) is 0 Å². The molecule has 1 heterocycles. The van der Waals surface area contributed by atoms with E-state index in [4.69, 9.17) is 9.47 Å². The third kappa shape index (κ3) is 3.96. The van der Waals surface area contributed by atoms with Crippen molar-refractivity contribution >= 4 is 11.9 Å². The summed E-state index contributed by atoms with van der Waals surface area (Å²) < 4.78 is 11.2. The van der Waals surface area contributed by atoms with Crippen LogP contribution in [-0.4, -0.2) is 48.2 Å². The molecule has 0 fully saturated rings. The maximum Gasteiger partial charge on any atom is 0.326 e. The molecule has 0 aromatic heterocycles. The number of likely N-dealkylation sites (N-methyl/N-ethyl adjacent to an activating group) is 1. The Labute approximate surface area is 152 Å². The van der Waals surface area contributed by atoms with Gasteiger partial charge in [-0.15, -0.1) is 0 Å². The molecule has 0 aliphatic carbocycles. The fourth-order valence-corrected chi connectivity index (χ4v) is 2.87. The number of carboxylic acids is 1. The molecule has 2 aromatic carbocycles. The van der Waals surface area contributed by atoms with Crippen LogP contribution in [0.2, 0.25) is 0 Å². The Morgan fingerprint density at radius 1 is 1.08 bits per heavy atom. The van der Waals surface area contributed by atoms with E-state index in [0.717, 1.165) is 12.0 Å². The molecule has 3 rings (SSSR count). The van der Waals surface area contributed by atoms with Gasteiger partial charge in [-0.1, -0.05) is 30.3 Å². The number of hydrogen-bond acceptors (Lipinski definition) is 4. The number of amides is 1. The van der Waals surface area contributed by atoms with E-state index in [1.54, 1.807) is 18.2 Å². The summed E-state index contributed by atoms with van der Waals surface area (Å²) in [5.41, 5.74) is 1.23. The molecule has 0 spiro atoms. The third-order valence-corrected chi connectivity index (χ3v) is 4.34. The van der Waals surface area contributed by atoms with Crippen molar-refractivity contribution in [2.24, 2.45) is 0 Å². The van der Waals surface area contributed by atoms with E-state index in [-0.39, 0.29) is 12.3 Å². The van der Waals surface area contributed by atoms with Gasteiger partial charge in [-0.3, -0.25) is 4.79 Å². The average molecular weight is 355 g/mol. The van der Waals surface area contributed by atoms with E-state index in [1.807, 2.05) is 30.3 Å². The fraction of sp³-hybridized carbons (Fsp3) is 0.300. The first-order valence-corrected chi connectivity index (χ1v) is 8.50.